The molecule has 0 aromatic heterocycles. The second-order valence-corrected chi connectivity index (χ2v) is 4.80. The Kier molecular flexibility index (Phi) is 3.62. The molecular formula is C9H18BNO4. The van der Waals surface area contributed by atoms with Gasteiger partial charge in [0.2, 0.25) is 0 Å². The minimum Gasteiger partial charge on any atom is -0.444 e. The van der Waals surface area contributed by atoms with Crippen LogP contribution in [0.1, 0.15) is 33.6 Å². The molecule has 1 fully saturated rings. The maximum atomic E-state index is 11.7. The molecule has 1 atom stereocenters. The van der Waals surface area contributed by atoms with Gasteiger partial charge in [-0.3, -0.25) is 0 Å². The first-order chi connectivity index (χ1) is 6.81. The van der Waals surface area contributed by atoms with E-state index in [1.807, 2.05) is 0 Å². The van der Waals surface area contributed by atoms with Crippen molar-refractivity contribution >= 4 is 13.2 Å². The van der Waals surface area contributed by atoms with E-state index < -0.39 is 24.8 Å². The van der Waals surface area contributed by atoms with E-state index in [-0.39, 0.29) is 0 Å². The van der Waals surface area contributed by atoms with E-state index in [2.05, 4.69) is 0 Å². The summed E-state index contributed by atoms with van der Waals surface area (Å²) in [5.41, 5.74) is -0.551. The van der Waals surface area contributed by atoms with Crippen LogP contribution in [-0.2, 0) is 4.74 Å². The highest BCUT2D eigenvalue weighted by atomic mass is 16.6. The van der Waals surface area contributed by atoms with Crippen molar-refractivity contribution < 1.29 is 19.6 Å². The van der Waals surface area contributed by atoms with Crippen molar-refractivity contribution in [3.8, 4) is 0 Å². The molecule has 0 spiro atoms. The van der Waals surface area contributed by atoms with Gasteiger partial charge >= 0.3 is 13.2 Å². The van der Waals surface area contributed by atoms with Gasteiger partial charge in [-0.1, -0.05) is 0 Å². The summed E-state index contributed by atoms with van der Waals surface area (Å²) in [5.74, 6) is -0.528. The number of carbonyl (C=O) groups excluding carboxylic acids is 1. The predicted octanol–water partition coefficient (Wildman–Crippen LogP) is 0.398. The SMILES string of the molecule is CC(C)(C)OC(=O)N1CCCC1B(O)O. The van der Waals surface area contributed by atoms with Crippen molar-refractivity contribution in [1.29, 1.82) is 0 Å². The van der Waals surface area contributed by atoms with Crippen molar-refractivity contribution in [3.63, 3.8) is 0 Å². The van der Waals surface area contributed by atoms with Crippen molar-refractivity contribution in [1.82, 2.24) is 4.90 Å². The summed E-state index contributed by atoms with van der Waals surface area (Å²) in [7, 11) is -1.49. The van der Waals surface area contributed by atoms with Gasteiger partial charge in [0.05, 0.1) is 5.94 Å². The molecule has 2 N–H and O–H groups in total. The van der Waals surface area contributed by atoms with Crippen LogP contribution in [-0.4, -0.2) is 46.2 Å². The number of amides is 1. The number of likely N-dealkylation sites (tertiary alicyclic amines) is 1. The quantitative estimate of drug-likeness (QED) is 0.621. The van der Waals surface area contributed by atoms with Crippen LogP contribution in [0.2, 0.25) is 0 Å². The largest absolute Gasteiger partial charge is 0.475 e. The highest BCUT2D eigenvalue weighted by Gasteiger charge is 2.38. The number of carbonyl (C=O) groups is 1. The molecule has 0 aromatic rings. The number of nitrogens with zero attached hydrogens (tertiary/aromatic N) is 1. The molecule has 0 aromatic carbocycles. The van der Waals surface area contributed by atoms with Crippen LogP contribution < -0.4 is 0 Å². The Bertz CT molecular complexity index is 239. The lowest BCUT2D eigenvalue weighted by Gasteiger charge is -2.28. The molecule has 1 aliphatic rings. The Labute approximate surface area is 90.2 Å². The summed E-state index contributed by atoms with van der Waals surface area (Å²) >= 11 is 0. The van der Waals surface area contributed by atoms with Gasteiger partial charge in [0, 0.05) is 6.54 Å². The van der Waals surface area contributed by atoms with Crippen LogP contribution in [0.4, 0.5) is 4.79 Å². The van der Waals surface area contributed by atoms with E-state index in [0.29, 0.717) is 13.0 Å². The van der Waals surface area contributed by atoms with E-state index in [9.17, 15) is 4.79 Å². The van der Waals surface area contributed by atoms with Gasteiger partial charge in [-0.15, -0.1) is 0 Å². The predicted molar refractivity (Wildman–Crippen MR) is 56.2 cm³/mol. The first-order valence-electron chi connectivity index (χ1n) is 5.17. The second-order valence-electron chi connectivity index (χ2n) is 4.80. The lowest BCUT2D eigenvalue weighted by Crippen LogP contribution is -2.47. The Morgan fingerprint density at radius 1 is 1.47 bits per heavy atom. The van der Waals surface area contributed by atoms with Gasteiger partial charge in [0.1, 0.15) is 5.60 Å². The van der Waals surface area contributed by atoms with Crippen molar-refractivity contribution in [2.75, 3.05) is 6.54 Å². The minimum atomic E-state index is -1.49. The summed E-state index contributed by atoms with van der Waals surface area (Å²) in [4.78, 5) is 13.0. The fourth-order valence-corrected chi connectivity index (χ4v) is 1.65. The maximum absolute atomic E-state index is 11.7. The number of hydrogen-bond donors (Lipinski definition) is 2. The molecule has 1 unspecified atom stereocenters. The summed E-state index contributed by atoms with van der Waals surface area (Å²) in [6.07, 6.45) is 0.913. The Balaban J connectivity index is 2.59. The van der Waals surface area contributed by atoms with Crippen LogP contribution >= 0.6 is 0 Å². The normalized spacial score (nSPS) is 21.7. The number of hydrogen-bond acceptors (Lipinski definition) is 4. The first-order valence-corrected chi connectivity index (χ1v) is 5.17. The van der Waals surface area contributed by atoms with Crippen LogP contribution in [0.3, 0.4) is 0 Å². The van der Waals surface area contributed by atoms with Gasteiger partial charge in [-0.25, -0.2) is 4.79 Å². The molecule has 6 heteroatoms. The molecule has 0 bridgehead atoms. The van der Waals surface area contributed by atoms with Crippen LogP contribution in [0.15, 0.2) is 0 Å². The van der Waals surface area contributed by atoms with Crippen molar-refractivity contribution in [2.24, 2.45) is 0 Å². The Morgan fingerprint density at radius 2 is 2.07 bits per heavy atom. The zero-order valence-corrected chi connectivity index (χ0v) is 9.43. The molecule has 0 radical (unpaired) electrons. The van der Waals surface area contributed by atoms with Gasteiger partial charge in [0.15, 0.2) is 0 Å². The molecule has 1 saturated heterocycles. The molecular weight excluding hydrogens is 197 g/mol. The smallest absolute Gasteiger partial charge is 0.444 e. The van der Waals surface area contributed by atoms with Crippen molar-refractivity contribution in [3.05, 3.63) is 0 Å². The molecule has 1 rings (SSSR count). The number of ether oxygens (including phenoxy) is 1. The average Bonchev–Trinajstić information content (AvgIpc) is 2.47. The maximum Gasteiger partial charge on any atom is 0.475 e. The summed E-state index contributed by atoms with van der Waals surface area (Å²) < 4.78 is 5.17. The van der Waals surface area contributed by atoms with Crippen LogP contribution in [0, 0.1) is 0 Å². The molecule has 0 aliphatic carbocycles. The zero-order chi connectivity index (χ0) is 11.6. The second kappa shape index (κ2) is 4.41. The minimum absolute atomic E-state index is 0.474. The lowest BCUT2D eigenvalue weighted by atomic mass is 9.78. The van der Waals surface area contributed by atoms with E-state index in [1.165, 1.54) is 4.90 Å². The summed E-state index contributed by atoms with van der Waals surface area (Å²) in [6.45, 7) is 5.87. The summed E-state index contributed by atoms with van der Waals surface area (Å²) in [5, 5.41) is 18.2. The highest BCUT2D eigenvalue weighted by Crippen LogP contribution is 2.21. The Hall–Kier alpha value is -0.745. The average molecular weight is 215 g/mol. The van der Waals surface area contributed by atoms with E-state index >= 15 is 0 Å². The van der Waals surface area contributed by atoms with Crippen molar-refractivity contribution in [2.45, 2.75) is 45.2 Å². The Morgan fingerprint density at radius 3 is 2.53 bits per heavy atom. The standard InChI is InChI=1S/C9H18BNO4/c1-9(2,3)15-8(12)11-6-4-5-7(11)10(13)14/h7,13-14H,4-6H2,1-3H3. The van der Waals surface area contributed by atoms with Gasteiger partial charge in [-0.05, 0) is 33.6 Å². The fourth-order valence-electron chi connectivity index (χ4n) is 1.65. The molecule has 1 amide bonds. The van der Waals surface area contributed by atoms with E-state index in [1.54, 1.807) is 20.8 Å². The molecule has 1 heterocycles. The van der Waals surface area contributed by atoms with Crippen LogP contribution in [0.25, 0.3) is 0 Å². The van der Waals surface area contributed by atoms with Gasteiger partial charge in [-0.2, -0.15) is 0 Å². The third-order valence-corrected chi connectivity index (χ3v) is 2.27. The third-order valence-electron chi connectivity index (χ3n) is 2.27. The molecule has 0 saturated carbocycles. The fraction of sp³-hybridized carbons (Fsp3) is 0.889. The first kappa shape index (κ1) is 12.3. The highest BCUT2D eigenvalue weighted by molar-refractivity contribution is 6.43. The van der Waals surface area contributed by atoms with Gasteiger partial charge in [0.25, 0.3) is 0 Å². The van der Waals surface area contributed by atoms with E-state index in [4.69, 9.17) is 14.8 Å². The monoisotopic (exact) mass is 215 g/mol. The zero-order valence-electron chi connectivity index (χ0n) is 9.43. The molecule has 1 aliphatic heterocycles. The molecule has 86 valence electrons. The van der Waals surface area contributed by atoms with E-state index in [0.717, 1.165) is 6.42 Å². The molecule has 5 nitrogen and oxygen atoms in total. The molecule has 15 heavy (non-hydrogen) atoms. The van der Waals surface area contributed by atoms with Gasteiger partial charge < -0.3 is 19.7 Å². The van der Waals surface area contributed by atoms with Crippen LogP contribution in [0.5, 0.6) is 0 Å². The lowest BCUT2D eigenvalue weighted by molar-refractivity contribution is 0.0252. The topological polar surface area (TPSA) is 70.0 Å². The number of rotatable bonds is 1. The third kappa shape index (κ3) is 3.39. The summed E-state index contributed by atoms with van der Waals surface area (Å²) in [6, 6.07) is 0.